The highest BCUT2D eigenvalue weighted by atomic mass is 16.7. The lowest BCUT2D eigenvalue weighted by Crippen LogP contribution is -2.45. The molecule has 0 saturated heterocycles. The Kier molecular flexibility index (Phi) is 8.29. The summed E-state index contributed by atoms with van der Waals surface area (Å²) in [6, 6.07) is 6.68. The summed E-state index contributed by atoms with van der Waals surface area (Å²) in [5.74, 6) is 3.34. The van der Waals surface area contributed by atoms with Gasteiger partial charge in [0.05, 0.1) is 12.7 Å². The van der Waals surface area contributed by atoms with Gasteiger partial charge in [0.2, 0.25) is 0 Å². The van der Waals surface area contributed by atoms with E-state index in [1.165, 1.54) is 36.8 Å². The lowest BCUT2D eigenvalue weighted by atomic mass is 9.53. The van der Waals surface area contributed by atoms with Crippen molar-refractivity contribution < 1.29 is 24.1 Å². The van der Waals surface area contributed by atoms with E-state index in [4.69, 9.17) is 24.1 Å². The minimum Gasteiger partial charge on any atom is -0.468 e. The van der Waals surface area contributed by atoms with Crippen molar-refractivity contribution in [3.8, 4) is 5.75 Å². The highest BCUT2D eigenvalue weighted by Gasteiger charge is 2.56. The Labute approximate surface area is 198 Å². The fourth-order valence-electron chi connectivity index (χ4n) is 6.98. The molecule has 2 saturated carbocycles. The fourth-order valence-corrected chi connectivity index (χ4v) is 6.98. The van der Waals surface area contributed by atoms with E-state index in [1.807, 2.05) is 6.08 Å². The van der Waals surface area contributed by atoms with Crippen LogP contribution in [0.1, 0.15) is 68.4 Å². The van der Waals surface area contributed by atoms with Crippen LogP contribution in [0.3, 0.4) is 0 Å². The second-order valence-electron chi connectivity index (χ2n) is 10.1. The summed E-state index contributed by atoms with van der Waals surface area (Å²) >= 11 is 0. The molecule has 0 amide bonds. The van der Waals surface area contributed by atoms with E-state index in [0.717, 1.165) is 18.6 Å². The van der Waals surface area contributed by atoms with E-state index >= 15 is 0 Å². The van der Waals surface area contributed by atoms with Crippen molar-refractivity contribution in [3.63, 3.8) is 0 Å². The standard InChI is InChI=1S/C28H40O5/c1-28-14-13-23-22-10-9-21(32-18-30-2)17-24(22)20(8-6-4-5-7-15-29)16-25(23)26(28)11-12-27(28)33-19-31-3/h4-7,9-10,17,20,23,25-27,29H,8,11-16,18-19H2,1-3H3/t20-,23-,25-,26+,27+,28+/m1/s1. The van der Waals surface area contributed by atoms with Crippen molar-refractivity contribution in [2.75, 3.05) is 34.4 Å². The number of methoxy groups -OCH3 is 2. The van der Waals surface area contributed by atoms with Crippen molar-refractivity contribution in [2.45, 2.75) is 63.4 Å². The van der Waals surface area contributed by atoms with E-state index in [-0.39, 0.29) is 18.8 Å². The van der Waals surface area contributed by atoms with Crippen LogP contribution in [0.15, 0.2) is 42.5 Å². The lowest BCUT2D eigenvalue weighted by Gasteiger charge is -2.52. The molecule has 182 valence electrons. The molecular formula is C28H40O5. The van der Waals surface area contributed by atoms with Gasteiger partial charge in [-0.1, -0.05) is 37.3 Å². The third kappa shape index (κ3) is 5.07. The van der Waals surface area contributed by atoms with Crippen LogP contribution >= 0.6 is 0 Å². The average molecular weight is 457 g/mol. The first-order valence-corrected chi connectivity index (χ1v) is 12.4. The van der Waals surface area contributed by atoms with Crippen molar-refractivity contribution in [2.24, 2.45) is 17.3 Å². The summed E-state index contributed by atoms with van der Waals surface area (Å²) in [5, 5.41) is 9.00. The minimum absolute atomic E-state index is 0.0765. The maximum Gasteiger partial charge on any atom is 0.188 e. The van der Waals surface area contributed by atoms with Crippen LogP contribution in [-0.4, -0.2) is 45.6 Å². The fraction of sp³-hybridized carbons (Fsp3) is 0.643. The number of fused-ring (bicyclic) bond motifs is 5. The lowest BCUT2D eigenvalue weighted by molar-refractivity contribution is -0.125. The summed E-state index contributed by atoms with van der Waals surface area (Å²) in [7, 11) is 3.36. The molecule has 0 bridgehead atoms. The normalized spacial score (nSPS) is 33.3. The quantitative estimate of drug-likeness (QED) is 0.369. The van der Waals surface area contributed by atoms with Crippen LogP contribution in [-0.2, 0) is 14.2 Å². The Hall–Kier alpha value is -1.66. The van der Waals surface area contributed by atoms with Gasteiger partial charge in [-0.2, -0.15) is 0 Å². The van der Waals surface area contributed by atoms with Crippen molar-refractivity contribution in [1.82, 2.24) is 0 Å². The zero-order valence-corrected chi connectivity index (χ0v) is 20.4. The summed E-state index contributed by atoms with van der Waals surface area (Å²) in [6.07, 6.45) is 15.3. The summed E-state index contributed by atoms with van der Waals surface area (Å²) < 4.78 is 22.3. The third-order valence-corrected chi connectivity index (χ3v) is 8.44. The molecule has 1 aromatic carbocycles. The van der Waals surface area contributed by atoms with Gasteiger partial charge < -0.3 is 24.1 Å². The van der Waals surface area contributed by atoms with Gasteiger partial charge in [-0.15, -0.1) is 0 Å². The molecule has 3 aliphatic carbocycles. The number of aliphatic hydroxyl groups excluding tert-OH is 1. The first-order valence-electron chi connectivity index (χ1n) is 12.4. The van der Waals surface area contributed by atoms with Gasteiger partial charge in [-0.25, -0.2) is 0 Å². The maximum absolute atomic E-state index is 9.00. The highest BCUT2D eigenvalue weighted by Crippen LogP contribution is 2.63. The van der Waals surface area contributed by atoms with Gasteiger partial charge in [-0.3, -0.25) is 0 Å². The molecule has 2 fully saturated rings. The number of aliphatic hydroxyl groups is 1. The number of hydrogen-bond acceptors (Lipinski definition) is 5. The Morgan fingerprint density at radius 1 is 1.03 bits per heavy atom. The van der Waals surface area contributed by atoms with E-state index in [0.29, 0.717) is 36.6 Å². The molecule has 3 aliphatic rings. The second kappa shape index (κ2) is 11.2. The van der Waals surface area contributed by atoms with Crippen LogP contribution in [0.2, 0.25) is 0 Å². The molecule has 0 radical (unpaired) electrons. The minimum atomic E-state index is 0.0765. The number of hydrogen-bond donors (Lipinski definition) is 1. The zero-order chi connectivity index (χ0) is 23.3. The van der Waals surface area contributed by atoms with Gasteiger partial charge in [0.25, 0.3) is 0 Å². The topological polar surface area (TPSA) is 57.2 Å². The van der Waals surface area contributed by atoms with Gasteiger partial charge in [0.1, 0.15) is 12.5 Å². The van der Waals surface area contributed by atoms with Crippen LogP contribution in [0.25, 0.3) is 0 Å². The summed E-state index contributed by atoms with van der Waals surface area (Å²) in [5.41, 5.74) is 3.20. The van der Waals surface area contributed by atoms with E-state index in [2.05, 4.69) is 37.3 Å². The molecule has 0 heterocycles. The molecule has 1 N–H and O–H groups in total. The number of benzene rings is 1. The van der Waals surface area contributed by atoms with E-state index in [9.17, 15) is 0 Å². The molecule has 0 unspecified atom stereocenters. The molecule has 0 aliphatic heterocycles. The Balaban J connectivity index is 1.61. The molecule has 5 heteroatoms. The first-order chi connectivity index (χ1) is 16.1. The van der Waals surface area contributed by atoms with Crippen molar-refractivity contribution in [1.29, 1.82) is 0 Å². The smallest absolute Gasteiger partial charge is 0.188 e. The predicted octanol–water partition coefficient (Wildman–Crippen LogP) is 5.55. The number of rotatable bonds is 10. The Morgan fingerprint density at radius 3 is 2.64 bits per heavy atom. The van der Waals surface area contributed by atoms with Gasteiger partial charge in [0.15, 0.2) is 6.79 Å². The highest BCUT2D eigenvalue weighted by molar-refractivity contribution is 5.43. The van der Waals surface area contributed by atoms with Gasteiger partial charge in [-0.05, 0) is 90.9 Å². The maximum atomic E-state index is 9.00. The first kappa shape index (κ1) is 24.5. The molecule has 0 spiro atoms. The predicted molar refractivity (Wildman–Crippen MR) is 129 cm³/mol. The van der Waals surface area contributed by atoms with E-state index < -0.39 is 0 Å². The van der Waals surface area contributed by atoms with Crippen molar-refractivity contribution >= 4 is 0 Å². The van der Waals surface area contributed by atoms with Gasteiger partial charge in [0, 0.05) is 14.2 Å². The third-order valence-electron chi connectivity index (χ3n) is 8.44. The van der Waals surface area contributed by atoms with Crippen LogP contribution in [0.5, 0.6) is 5.75 Å². The summed E-state index contributed by atoms with van der Waals surface area (Å²) in [4.78, 5) is 0. The van der Waals surface area contributed by atoms with E-state index in [1.54, 1.807) is 20.3 Å². The summed E-state index contributed by atoms with van der Waals surface area (Å²) in [6.45, 7) is 3.20. The van der Waals surface area contributed by atoms with Crippen LogP contribution in [0, 0.1) is 17.3 Å². The molecular weight excluding hydrogens is 416 g/mol. The average Bonchev–Trinajstić information content (AvgIpc) is 3.17. The molecule has 33 heavy (non-hydrogen) atoms. The number of ether oxygens (including phenoxy) is 4. The molecule has 6 atom stereocenters. The number of allylic oxidation sites excluding steroid dienone is 3. The molecule has 0 aromatic heterocycles. The Bertz CT molecular complexity index is 834. The SMILES string of the molecule is COCOc1ccc2c(c1)[C@H](CC=CC=CCO)C[C@@H]1[C@@H]2CC[C@]2(C)[C@@H](OCOC)CC[C@@H]12. The largest absolute Gasteiger partial charge is 0.468 e. The zero-order valence-electron chi connectivity index (χ0n) is 20.4. The Morgan fingerprint density at radius 2 is 1.85 bits per heavy atom. The van der Waals surface area contributed by atoms with Crippen LogP contribution < -0.4 is 4.74 Å². The molecule has 5 nitrogen and oxygen atoms in total. The monoisotopic (exact) mass is 456 g/mol. The van der Waals surface area contributed by atoms with Gasteiger partial charge >= 0.3 is 0 Å². The molecule has 4 rings (SSSR count). The van der Waals surface area contributed by atoms with Crippen molar-refractivity contribution in [3.05, 3.63) is 53.6 Å². The molecule has 1 aromatic rings. The van der Waals surface area contributed by atoms with Crippen LogP contribution in [0.4, 0.5) is 0 Å². The second-order valence-corrected chi connectivity index (χ2v) is 10.1.